The van der Waals surface area contributed by atoms with Crippen molar-refractivity contribution in [2.45, 2.75) is 32.0 Å². The topological polar surface area (TPSA) is 83.9 Å². The summed E-state index contributed by atoms with van der Waals surface area (Å²) in [6.07, 6.45) is 0.00861. The van der Waals surface area contributed by atoms with Crippen LogP contribution in [0.5, 0.6) is 11.5 Å². The summed E-state index contributed by atoms with van der Waals surface area (Å²) in [4.78, 5) is 19.1. The van der Waals surface area contributed by atoms with Crippen molar-refractivity contribution in [3.8, 4) is 11.5 Å². The van der Waals surface area contributed by atoms with Gasteiger partial charge in [0.2, 0.25) is 5.91 Å². The molecule has 1 aliphatic rings. The number of hydrogen-bond donors (Lipinski definition) is 2. The number of thiazole rings is 1. The molecule has 170 valence electrons. The molecule has 1 saturated heterocycles. The van der Waals surface area contributed by atoms with Gasteiger partial charge in [0.15, 0.2) is 5.13 Å². The highest BCUT2D eigenvalue weighted by Crippen LogP contribution is 2.30. The normalized spacial score (nSPS) is 21.4. The molecule has 3 aromatic rings. The lowest BCUT2D eigenvalue weighted by atomic mass is 9.90. The lowest BCUT2D eigenvalue weighted by Gasteiger charge is -2.42. The summed E-state index contributed by atoms with van der Waals surface area (Å²) in [6, 6.07) is 12.8. The molecular weight excluding hydrogens is 450 g/mol. The number of carbonyl (C=O) groups excluding carboxylic acids is 1. The van der Waals surface area contributed by atoms with Crippen molar-refractivity contribution >= 4 is 44.2 Å². The van der Waals surface area contributed by atoms with Crippen LogP contribution >= 0.6 is 22.9 Å². The van der Waals surface area contributed by atoms with Gasteiger partial charge in [-0.1, -0.05) is 29.0 Å². The van der Waals surface area contributed by atoms with Gasteiger partial charge in [0.05, 0.1) is 23.4 Å². The molecule has 1 fully saturated rings. The van der Waals surface area contributed by atoms with E-state index in [0.29, 0.717) is 42.0 Å². The van der Waals surface area contributed by atoms with Gasteiger partial charge in [0.25, 0.3) is 0 Å². The van der Waals surface area contributed by atoms with Gasteiger partial charge in [-0.05, 0) is 56.7 Å². The molecule has 0 aliphatic carbocycles. The number of amides is 1. The van der Waals surface area contributed by atoms with Gasteiger partial charge in [-0.2, -0.15) is 0 Å². The van der Waals surface area contributed by atoms with E-state index in [0.717, 1.165) is 16.0 Å². The first-order valence-corrected chi connectivity index (χ1v) is 11.7. The molecule has 2 heterocycles. The van der Waals surface area contributed by atoms with Crippen molar-refractivity contribution in [2.75, 3.05) is 31.6 Å². The van der Waals surface area contributed by atoms with Crippen molar-refractivity contribution in [1.82, 2.24) is 9.88 Å². The molecule has 0 unspecified atom stereocenters. The Kier molecular flexibility index (Phi) is 6.85. The van der Waals surface area contributed by atoms with E-state index in [4.69, 9.17) is 21.1 Å². The number of carbonyl (C=O) groups is 1. The Morgan fingerprint density at radius 2 is 2.19 bits per heavy atom. The Labute approximate surface area is 195 Å². The van der Waals surface area contributed by atoms with E-state index in [1.807, 2.05) is 30.0 Å². The van der Waals surface area contributed by atoms with Crippen LogP contribution in [0.1, 0.15) is 20.3 Å². The molecule has 2 aromatic carbocycles. The Hall–Kier alpha value is -2.39. The van der Waals surface area contributed by atoms with Crippen LogP contribution in [0.4, 0.5) is 5.13 Å². The van der Waals surface area contributed by atoms with Crippen LogP contribution in [0.3, 0.4) is 0 Å². The standard InChI is InChI=1S/C23H26ClN3O4S/c1-3-30-16-7-8-18-19(12-16)32-22(25-18)26-21(28)14-27-10-9-23(2,29)20(13-27)31-17-6-4-5-15(24)11-17/h4-8,11-12,20,29H,3,9-10,13-14H2,1-2H3,(H,25,26,28)/t20-,23-/m0/s1. The van der Waals surface area contributed by atoms with E-state index in [2.05, 4.69) is 10.3 Å². The van der Waals surface area contributed by atoms with Crippen LogP contribution in [0.25, 0.3) is 10.2 Å². The zero-order chi connectivity index (χ0) is 22.7. The second-order valence-electron chi connectivity index (χ2n) is 8.04. The molecule has 2 N–H and O–H groups in total. The number of halogens is 1. The van der Waals surface area contributed by atoms with Crippen LogP contribution in [0.15, 0.2) is 42.5 Å². The third kappa shape index (κ3) is 5.50. The predicted octanol–water partition coefficient (Wildman–Crippen LogP) is 4.19. The zero-order valence-electron chi connectivity index (χ0n) is 18.0. The average molecular weight is 476 g/mol. The second-order valence-corrected chi connectivity index (χ2v) is 9.50. The van der Waals surface area contributed by atoms with Crippen LogP contribution < -0.4 is 14.8 Å². The van der Waals surface area contributed by atoms with Gasteiger partial charge < -0.3 is 19.9 Å². The molecule has 0 saturated carbocycles. The molecule has 1 aliphatic heterocycles. The number of benzene rings is 2. The van der Waals surface area contributed by atoms with Crippen LogP contribution in [-0.4, -0.2) is 58.8 Å². The van der Waals surface area contributed by atoms with E-state index in [1.165, 1.54) is 11.3 Å². The van der Waals surface area contributed by atoms with E-state index >= 15 is 0 Å². The zero-order valence-corrected chi connectivity index (χ0v) is 19.6. The Balaban J connectivity index is 1.38. The highest BCUT2D eigenvalue weighted by molar-refractivity contribution is 7.22. The molecule has 1 amide bonds. The van der Waals surface area contributed by atoms with Crippen LogP contribution in [-0.2, 0) is 4.79 Å². The van der Waals surface area contributed by atoms with Crippen molar-refractivity contribution in [3.63, 3.8) is 0 Å². The minimum Gasteiger partial charge on any atom is -0.494 e. The summed E-state index contributed by atoms with van der Waals surface area (Å²) < 4.78 is 12.5. The SMILES string of the molecule is CCOc1ccc2nc(NC(=O)CN3CC[C@](C)(O)[C@@H](Oc4cccc(Cl)c4)C3)sc2c1. The summed E-state index contributed by atoms with van der Waals surface area (Å²) in [7, 11) is 0. The summed E-state index contributed by atoms with van der Waals surface area (Å²) in [6.45, 7) is 5.49. The fraction of sp³-hybridized carbons (Fsp3) is 0.391. The van der Waals surface area contributed by atoms with Crippen LogP contribution in [0.2, 0.25) is 5.02 Å². The highest BCUT2D eigenvalue weighted by Gasteiger charge is 2.39. The second kappa shape index (κ2) is 9.62. The van der Waals surface area contributed by atoms with Gasteiger partial charge in [-0.15, -0.1) is 0 Å². The van der Waals surface area contributed by atoms with Gasteiger partial charge >= 0.3 is 0 Å². The number of nitrogens with one attached hydrogen (secondary N) is 1. The molecule has 0 spiro atoms. The molecule has 2 atom stereocenters. The Morgan fingerprint density at radius 3 is 2.97 bits per heavy atom. The first-order chi connectivity index (χ1) is 15.3. The molecule has 0 radical (unpaired) electrons. The molecule has 4 rings (SSSR count). The summed E-state index contributed by atoms with van der Waals surface area (Å²) in [5, 5.41) is 14.8. The highest BCUT2D eigenvalue weighted by atomic mass is 35.5. The maximum atomic E-state index is 12.7. The van der Waals surface area contributed by atoms with Crippen molar-refractivity contribution in [1.29, 1.82) is 0 Å². The average Bonchev–Trinajstić information content (AvgIpc) is 3.12. The monoisotopic (exact) mass is 475 g/mol. The lowest BCUT2D eigenvalue weighted by molar-refractivity contribution is -0.122. The first kappa shape index (κ1) is 22.8. The minimum atomic E-state index is -0.999. The summed E-state index contributed by atoms with van der Waals surface area (Å²) in [5.74, 6) is 1.22. The largest absolute Gasteiger partial charge is 0.494 e. The Morgan fingerprint density at radius 1 is 1.34 bits per heavy atom. The van der Waals surface area contributed by atoms with E-state index < -0.39 is 11.7 Å². The first-order valence-electron chi connectivity index (χ1n) is 10.5. The van der Waals surface area contributed by atoms with Gasteiger partial charge in [-0.3, -0.25) is 9.69 Å². The third-order valence-electron chi connectivity index (χ3n) is 5.41. The summed E-state index contributed by atoms with van der Waals surface area (Å²) in [5.41, 5.74) is -0.182. The number of fused-ring (bicyclic) bond motifs is 1. The smallest absolute Gasteiger partial charge is 0.240 e. The van der Waals surface area contributed by atoms with Gasteiger partial charge in [-0.25, -0.2) is 4.98 Å². The number of anilines is 1. The Bertz CT molecular complexity index is 1100. The van der Waals surface area contributed by atoms with E-state index in [9.17, 15) is 9.90 Å². The third-order valence-corrected chi connectivity index (χ3v) is 6.58. The minimum absolute atomic E-state index is 0.155. The number of aromatic nitrogens is 1. The molecule has 7 nitrogen and oxygen atoms in total. The molecule has 1 aromatic heterocycles. The number of nitrogens with zero attached hydrogens (tertiary/aromatic N) is 2. The fourth-order valence-electron chi connectivity index (χ4n) is 3.66. The van der Waals surface area contributed by atoms with Crippen molar-refractivity contribution < 1.29 is 19.4 Å². The number of likely N-dealkylation sites (tertiary alicyclic amines) is 1. The lowest BCUT2D eigenvalue weighted by Crippen LogP contribution is -2.57. The maximum absolute atomic E-state index is 12.7. The summed E-state index contributed by atoms with van der Waals surface area (Å²) >= 11 is 7.46. The molecule has 0 bridgehead atoms. The van der Waals surface area contributed by atoms with Crippen LogP contribution in [0, 0.1) is 0 Å². The number of rotatable bonds is 7. The fourth-order valence-corrected chi connectivity index (χ4v) is 4.75. The number of aliphatic hydroxyl groups is 1. The molecular formula is C23H26ClN3O4S. The van der Waals surface area contributed by atoms with Gasteiger partial charge in [0, 0.05) is 18.1 Å². The maximum Gasteiger partial charge on any atom is 0.240 e. The molecule has 9 heteroatoms. The predicted molar refractivity (Wildman–Crippen MR) is 127 cm³/mol. The van der Waals surface area contributed by atoms with Crippen molar-refractivity contribution in [3.05, 3.63) is 47.5 Å². The van der Waals surface area contributed by atoms with Gasteiger partial charge in [0.1, 0.15) is 23.2 Å². The quantitative estimate of drug-likeness (QED) is 0.533. The van der Waals surface area contributed by atoms with Crippen molar-refractivity contribution in [2.24, 2.45) is 0 Å². The number of ether oxygens (including phenoxy) is 2. The number of hydrogen-bond acceptors (Lipinski definition) is 7. The van der Waals surface area contributed by atoms with E-state index in [-0.39, 0.29) is 12.5 Å². The molecule has 32 heavy (non-hydrogen) atoms. The number of piperidine rings is 1. The van der Waals surface area contributed by atoms with E-state index in [1.54, 1.807) is 31.2 Å².